The van der Waals surface area contributed by atoms with Crippen LogP contribution in [0.5, 0.6) is 5.75 Å². The molecule has 2 rings (SSSR count). The highest BCUT2D eigenvalue weighted by Crippen LogP contribution is 2.24. The van der Waals surface area contributed by atoms with E-state index in [1.807, 2.05) is 19.1 Å². The van der Waals surface area contributed by atoms with Gasteiger partial charge in [0.15, 0.2) is 0 Å². The molecular formula is C22H37N3O2. The number of hydrogen-bond donors (Lipinski definition) is 1. The highest BCUT2D eigenvalue weighted by molar-refractivity contribution is 5.78. The molecule has 1 heterocycles. The van der Waals surface area contributed by atoms with Crippen LogP contribution in [0.15, 0.2) is 24.3 Å². The van der Waals surface area contributed by atoms with Crippen LogP contribution in [0, 0.1) is 11.3 Å². The molecule has 0 spiro atoms. The van der Waals surface area contributed by atoms with Gasteiger partial charge in [-0.1, -0.05) is 32.0 Å². The van der Waals surface area contributed by atoms with E-state index >= 15 is 0 Å². The largest absolute Gasteiger partial charge is 0.494 e. The normalized spacial score (nSPS) is 16.5. The molecule has 152 valence electrons. The molecule has 1 aromatic carbocycles. The van der Waals surface area contributed by atoms with E-state index in [0.717, 1.165) is 51.3 Å². The van der Waals surface area contributed by atoms with Crippen LogP contribution >= 0.6 is 0 Å². The van der Waals surface area contributed by atoms with Gasteiger partial charge in [0.05, 0.1) is 6.61 Å². The second-order valence-corrected chi connectivity index (χ2v) is 8.71. The van der Waals surface area contributed by atoms with Crippen molar-refractivity contribution in [1.82, 2.24) is 15.1 Å². The Morgan fingerprint density at radius 1 is 1.26 bits per heavy atom. The number of carbonyl (C=O) groups excluding carboxylic acids is 1. The minimum Gasteiger partial charge on any atom is -0.494 e. The smallest absolute Gasteiger partial charge is 0.223 e. The van der Waals surface area contributed by atoms with Crippen molar-refractivity contribution >= 4 is 5.91 Å². The number of carbonyl (C=O) groups is 1. The van der Waals surface area contributed by atoms with Crippen molar-refractivity contribution in [3.05, 3.63) is 29.8 Å². The first kappa shape index (κ1) is 21.7. The average molecular weight is 376 g/mol. The molecule has 1 saturated heterocycles. The lowest BCUT2D eigenvalue weighted by atomic mass is 9.91. The van der Waals surface area contributed by atoms with Gasteiger partial charge in [-0.05, 0) is 58.4 Å². The highest BCUT2D eigenvalue weighted by Gasteiger charge is 2.27. The minimum absolute atomic E-state index is 0.0862. The van der Waals surface area contributed by atoms with Gasteiger partial charge in [-0.15, -0.1) is 0 Å². The molecule has 5 nitrogen and oxygen atoms in total. The van der Waals surface area contributed by atoms with Crippen molar-refractivity contribution in [3.63, 3.8) is 0 Å². The summed E-state index contributed by atoms with van der Waals surface area (Å²) in [7, 11) is 4.14. The maximum Gasteiger partial charge on any atom is 0.223 e. The monoisotopic (exact) mass is 375 g/mol. The van der Waals surface area contributed by atoms with Gasteiger partial charge in [0, 0.05) is 31.1 Å². The topological polar surface area (TPSA) is 44.8 Å². The Labute approximate surface area is 165 Å². The number of rotatable bonds is 9. The van der Waals surface area contributed by atoms with Crippen LogP contribution in [0.1, 0.15) is 39.2 Å². The molecule has 0 aromatic heterocycles. The number of ether oxygens (including phenoxy) is 1. The molecular weight excluding hydrogens is 338 g/mol. The molecule has 27 heavy (non-hydrogen) atoms. The van der Waals surface area contributed by atoms with Crippen molar-refractivity contribution < 1.29 is 9.53 Å². The summed E-state index contributed by atoms with van der Waals surface area (Å²) in [6.07, 6.45) is 1.85. The van der Waals surface area contributed by atoms with Crippen LogP contribution < -0.4 is 10.1 Å². The van der Waals surface area contributed by atoms with Crippen molar-refractivity contribution in [3.8, 4) is 5.75 Å². The van der Waals surface area contributed by atoms with E-state index < -0.39 is 0 Å². The van der Waals surface area contributed by atoms with Crippen molar-refractivity contribution in [2.75, 3.05) is 46.9 Å². The van der Waals surface area contributed by atoms with E-state index in [2.05, 4.69) is 55.2 Å². The summed E-state index contributed by atoms with van der Waals surface area (Å²) < 4.78 is 5.73. The van der Waals surface area contributed by atoms with E-state index in [-0.39, 0.29) is 17.2 Å². The van der Waals surface area contributed by atoms with Crippen LogP contribution in [-0.2, 0) is 11.3 Å². The lowest BCUT2D eigenvalue weighted by molar-refractivity contribution is -0.127. The van der Waals surface area contributed by atoms with Gasteiger partial charge in [-0.25, -0.2) is 0 Å². The SMILES string of the molecule is CCOc1ccccc1CN1CCC(C(=O)NCC(C)(C)CN(C)C)CC1. The lowest BCUT2D eigenvalue weighted by Gasteiger charge is -2.33. The predicted octanol–water partition coefficient (Wildman–Crippen LogP) is 3.00. The molecule has 1 fully saturated rings. The highest BCUT2D eigenvalue weighted by atomic mass is 16.5. The minimum atomic E-state index is 0.0862. The Balaban J connectivity index is 1.79. The van der Waals surface area contributed by atoms with Crippen LogP contribution in [0.25, 0.3) is 0 Å². The molecule has 1 aliphatic heterocycles. The maximum atomic E-state index is 12.6. The molecule has 1 amide bonds. The zero-order chi connectivity index (χ0) is 19.9. The molecule has 0 atom stereocenters. The molecule has 0 unspecified atom stereocenters. The van der Waals surface area contributed by atoms with Gasteiger partial charge in [0.1, 0.15) is 5.75 Å². The fourth-order valence-corrected chi connectivity index (χ4v) is 3.91. The number of benzene rings is 1. The van der Waals surface area contributed by atoms with Crippen LogP contribution in [0.3, 0.4) is 0 Å². The average Bonchev–Trinajstić information content (AvgIpc) is 2.61. The fourth-order valence-electron chi connectivity index (χ4n) is 3.91. The Bertz CT molecular complexity index is 593. The van der Waals surface area contributed by atoms with Gasteiger partial charge in [0.25, 0.3) is 0 Å². The second-order valence-electron chi connectivity index (χ2n) is 8.71. The molecule has 1 N–H and O–H groups in total. The van der Waals surface area contributed by atoms with Crippen LogP contribution in [0.4, 0.5) is 0 Å². The Hall–Kier alpha value is -1.59. The Kier molecular flexibility index (Phi) is 8.11. The van der Waals surface area contributed by atoms with E-state index in [9.17, 15) is 4.79 Å². The molecule has 0 bridgehead atoms. The van der Waals surface area contributed by atoms with E-state index in [0.29, 0.717) is 6.61 Å². The van der Waals surface area contributed by atoms with Crippen molar-refractivity contribution in [2.45, 2.75) is 40.2 Å². The lowest BCUT2D eigenvalue weighted by Crippen LogP contribution is -2.44. The quantitative estimate of drug-likeness (QED) is 0.721. The molecule has 1 aromatic rings. The first-order valence-electron chi connectivity index (χ1n) is 10.2. The third kappa shape index (κ3) is 7.15. The molecule has 0 radical (unpaired) electrons. The van der Waals surface area contributed by atoms with Gasteiger partial charge in [0.2, 0.25) is 5.91 Å². The zero-order valence-electron chi connectivity index (χ0n) is 17.8. The number of nitrogens with one attached hydrogen (secondary N) is 1. The summed E-state index contributed by atoms with van der Waals surface area (Å²) in [5, 5.41) is 3.18. The molecule has 0 saturated carbocycles. The van der Waals surface area contributed by atoms with Gasteiger partial charge >= 0.3 is 0 Å². The number of hydrogen-bond acceptors (Lipinski definition) is 4. The van der Waals surface area contributed by atoms with E-state index in [1.165, 1.54) is 5.56 Å². The van der Waals surface area contributed by atoms with Gasteiger partial charge in [-0.3, -0.25) is 9.69 Å². The van der Waals surface area contributed by atoms with Crippen molar-refractivity contribution in [2.24, 2.45) is 11.3 Å². The van der Waals surface area contributed by atoms with Crippen molar-refractivity contribution in [1.29, 1.82) is 0 Å². The predicted molar refractivity (Wildman–Crippen MR) is 111 cm³/mol. The van der Waals surface area contributed by atoms with Crippen LogP contribution in [-0.4, -0.2) is 62.6 Å². The number of amides is 1. The Morgan fingerprint density at radius 2 is 1.93 bits per heavy atom. The summed E-state index contributed by atoms with van der Waals surface area (Å²) in [6.45, 7) is 11.6. The fraction of sp³-hybridized carbons (Fsp3) is 0.682. The number of likely N-dealkylation sites (tertiary alicyclic amines) is 1. The summed E-state index contributed by atoms with van der Waals surface area (Å²) in [6, 6.07) is 8.25. The number of para-hydroxylation sites is 1. The molecule has 1 aliphatic rings. The first-order valence-corrected chi connectivity index (χ1v) is 10.2. The maximum absolute atomic E-state index is 12.6. The third-order valence-electron chi connectivity index (χ3n) is 5.11. The Morgan fingerprint density at radius 3 is 2.56 bits per heavy atom. The van der Waals surface area contributed by atoms with Gasteiger partial charge in [-0.2, -0.15) is 0 Å². The molecule has 5 heteroatoms. The molecule has 0 aliphatic carbocycles. The first-order chi connectivity index (χ1) is 12.8. The summed E-state index contributed by atoms with van der Waals surface area (Å²) in [4.78, 5) is 17.2. The van der Waals surface area contributed by atoms with Gasteiger partial charge < -0.3 is 15.0 Å². The van der Waals surface area contributed by atoms with E-state index in [4.69, 9.17) is 4.74 Å². The summed E-state index contributed by atoms with van der Waals surface area (Å²) in [5.41, 5.74) is 1.32. The second kappa shape index (κ2) is 10.1. The summed E-state index contributed by atoms with van der Waals surface area (Å²) in [5.74, 6) is 1.33. The third-order valence-corrected chi connectivity index (χ3v) is 5.11. The van der Waals surface area contributed by atoms with E-state index in [1.54, 1.807) is 0 Å². The number of nitrogens with zero attached hydrogens (tertiary/aromatic N) is 2. The zero-order valence-corrected chi connectivity index (χ0v) is 17.8. The number of piperidine rings is 1. The van der Waals surface area contributed by atoms with Crippen LogP contribution in [0.2, 0.25) is 0 Å². The summed E-state index contributed by atoms with van der Waals surface area (Å²) >= 11 is 0. The standard InChI is InChI=1S/C22H37N3O2/c1-6-27-20-10-8-7-9-19(20)15-25-13-11-18(12-14-25)21(26)23-16-22(2,3)17-24(4)5/h7-10,18H,6,11-17H2,1-5H3,(H,23,26).